The van der Waals surface area contributed by atoms with Crippen LogP contribution in [0.15, 0.2) is 48.5 Å². The van der Waals surface area contributed by atoms with Crippen LogP contribution in [0, 0.1) is 32.8 Å². The van der Waals surface area contributed by atoms with Crippen molar-refractivity contribution in [2.45, 2.75) is 6.42 Å². The van der Waals surface area contributed by atoms with Gasteiger partial charge < -0.3 is 9.80 Å². The lowest BCUT2D eigenvalue weighted by Crippen LogP contribution is -2.31. The molecule has 0 bridgehead atoms. The van der Waals surface area contributed by atoms with Crippen LogP contribution in [0.1, 0.15) is 17.5 Å². The molecular formula is C22H18N6O2. The molecule has 0 radical (unpaired) electrons. The minimum absolute atomic E-state index is 0.0601. The average Bonchev–Trinajstić information content (AvgIpc) is 3.04. The topological polar surface area (TPSA) is 110 Å². The zero-order valence-corrected chi connectivity index (χ0v) is 16.2. The highest BCUT2D eigenvalue weighted by Crippen LogP contribution is 2.28. The number of benzene rings is 2. The quantitative estimate of drug-likeness (QED) is 0.489. The van der Waals surface area contributed by atoms with Gasteiger partial charge in [-0.15, -0.1) is 0 Å². The Labute approximate surface area is 173 Å². The minimum Gasteiger partial charge on any atom is -0.369 e. The molecule has 30 heavy (non-hydrogen) atoms. The Hall–Kier alpha value is -4.17. The van der Waals surface area contributed by atoms with Crippen molar-refractivity contribution < 1.29 is 4.92 Å². The van der Waals surface area contributed by atoms with Crippen molar-refractivity contribution in [2.75, 3.05) is 36.0 Å². The number of hydrogen-bond donors (Lipinski definition) is 0. The second kappa shape index (κ2) is 8.06. The monoisotopic (exact) mass is 398 g/mol. The summed E-state index contributed by atoms with van der Waals surface area (Å²) in [5, 5.41) is 30.5. The van der Waals surface area contributed by atoms with Gasteiger partial charge in [0.05, 0.1) is 33.3 Å². The number of hydrogen-bond acceptors (Lipinski definition) is 7. The van der Waals surface area contributed by atoms with Crippen LogP contribution in [-0.2, 0) is 0 Å². The summed E-state index contributed by atoms with van der Waals surface area (Å²) in [6.07, 6.45) is 0.877. The van der Waals surface area contributed by atoms with E-state index in [0.29, 0.717) is 34.4 Å². The Morgan fingerprint density at radius 3 is 2.43 bits per heavy atom. The maximum absolute atomic E-state index is 11.1. The third-order valence-electron chi connectivity index (χ3n) is 5.30. The number of nitro benzene ring substituents is 1. The zero-order valence-electron chi connectivity index (χ0n) is 16.2. The molecule has 1 aliphatic rings. The lowest BCUT2D eigenvalue weighted by atomic mass is 10.1. The predicted molar refractivity (Wildman–Crippen MR) is 113 cm³/mol. The molecule has 0 spiro atoms. The number of nitriles is 2. The Bertz CT molecular complexity index is 1210. The summed E-state index contributed by atoms with van der Waals surface area (Å²) in [5.41, 5.74) is 2.46. The van der Waals surface area contributed by atoms with Gasteiger partial charge in [0.15, 0.2) is 0 Å². The Morgan fingerprint density at radius 2 is 1.67 bits per heavy atom. The third kappa shape index (κ3) is 3.59. The van der Waals surface area contributed by atoms with Crippen molar-refractivity contribution in [3.63, 3.8) is 0 Å². The number of anilines is 2. The first-order valence-corrected chi connectivity index (χ1v) is 9.59. The van der Waals surface area contributed by atoms with E-state index >= 15 is 0 Å². The van der Waals surface area contributed by atoms with Gasteiger partial charge in [-0.1, -0.05) is 12.1 Å². The summed E-state index contributed by atoms with van der Waals surface area (Å²) < 4.78 is 0. The number of fused-ring (bicyclic) bond motifs is 1. The van der Waals surface area contributed by atoms with Crippen LogP contribution in [0.3, 0.4) is 0 Å². The first kappa shape index (κ1) is 19.2. The van der Waals surface area contributed by atoms with Gasteiger partial charge in [-0.25, -0.2) is 4.98 Å². The van der Waals surface area contributed by atoms with Crippen LogP contribution < -0.4 is 9.80 Å². The van der Waals surface area contributed by atoms with Gasteiger partial charge >= 0.3 is 0 Å². The highest BCUT2D eigenvalue weighted by atomic mass is 16.6. The normalized spacial score (nSPS) is 14.1. The molecule has 1 saturated heterocycles. The molecule has 0 N–H and O–H groups in total. The van der Waals surface area contributed by atoms with E-state index in [1.807, 2.05) is 24.3 Å². The van der Waals surface area contributed by atoms with Crippen molar-refractivity contribution in [1.29, 1.82) is 10.5 Å². The summed E-state index contributed by atoms with van der Waals surface area (Å²) >= 11 is 0. The minimum atomic E-state index is -0.475. The standard InChI is InChI=1S/C22H18N6O2/c23-14-16-4-1-2-5-21(16)26-8-3-9-27(11-10-26)22-12-17(15-24)19-13-18(28(29)30)6-7-20(19)25-22/h1-2,4-7,12-13H,3,8-11H2. The van der Waals surface area contributed by atoms with Gasteiger partial charge in [-0.2, -0.15) is 10.5 Å². The molecule has 8 heteroatoms. The third-order valence-corrected chi connectivity index (χ3v) is 5.30. The number of rotatable bonds is 3. The van der Waals surface area contributed by atoms with Gasteiger partial charge in [0.1, 0.15) is 11.9 Å². The summed E-state index contributed by atoms with van der Waals surface area (Å²) in [4.78, 5) is 19.6. The Morgan fingerprint density at radius 1 is 0.933 bits per heavy atom. The van der Waals surface area contributed by atoms with Crippen molar-refractivity contribution in [3.8, 4) is 12.1 Å². The number of aromatic nitrogens is 1. The van der Waals surface area contributed by atoms with Gasteiger partial charge in [-0.05, 0) is 30.7 Å². The SMILES string of the molecule is N#Cc1ccccc1N1CCCN(c2cc(C#N)c3cc([N+](=O)[O-])ccc3n2)CC1. The molecule has 0 amide bonds. The number of nitro groups is 1. The van der Waals surface area contributed by atoms with Crippen LogP contribution in [-0.4, -0.2) is 36.1 Å². The number of pyridine rings is 1. The van der Waals surface area contributed by atoms with E-state index in [-0.39, 0.29) is 5.69 Å². The number of para-hydroxylation sites is 1. The summed E-state index contributed by atoms with van der Waals surface area (Å²) in [5.74, 6) is 0.684. The number of non-ortho nitro benzene ring substituents is 1. The van der Waals surface area contributed by atoms with E-state index in [1.165, 1.54) is 12.1 Å². The predicted octanol–water partition coefficient (Wildman–Crippen LogP) is 3.60. The fourth-order valence-corrected chi connectivity index (χ4v) is 3.80. The lowest BCUT2D eigenvalue weighted by Gasteiger charge is -2.25. The van der Waals surface area contributed by atoms with Gasteiger partial charge in [0.25, 0.3) is 5.69 Å². The molecule has 8 nitrogen and oxygen atoms in total. The summed E-state index contributed by atoms with van der Waals surface area (Å²) in [7, 11) is 0. The number of nitrogens with zero attached hydrogens (tertiary/aromatic N) is 6. The molecule has 2 heterocycles. The van der Waals surface area contributed by atoms with Crippen LogP contribution in [0.25, 0.3) is 10.9 Å². The fraction of sp³-hybridized carbons (Fsp3) is 0.227. The van der Waals surface area contributed by atoms with E-state index in [9.17, 15) is 20.6 Å². The molecule has 1 aromatic heterocycles. The fourth-order valence-electron chi connectivity index (χ4n) is 3.80. The first-order valence-electron chi connectivity index (χ1n) is 9.59. The van der Waals surface area contributed by atoms with Crippen molar-refractivity contribution in [2.24, 2.45) is 0 Å². The van der Waals surface area contributed by atoms with Crippen molar-refractivity contribution in [1.82, 2.24) is 4.98 Å². The van der Waals surface area contributed by atoms with E-state index in [4.69, 9.17) is 0 Å². The molecule has 148 valence electrons. The Kier molecular flexibility index (Phi) is 5.15. The molecule has 1 fully saturated rings. The van der Waals surface area contributed by atoms with E-state index in [2.05, 4.69) is 26.9 Å². The smallest absolute Gasteiger partial charge is 0.270 e. The first-order chi connectivity index (χ1) is 14.6. The molecular weight excluding hydrogens is 380 g/mol. The zero-order chi connectivity index (χ0) is 21.1. The second-order valence-corrected chi connectivity index (χ2v) is 7.05. The molecule has 1 aliphatic heterocycles. The summed E-state index contributed by atoms with van der Waals surface area (Å²) in [6, 6.07) is 18.1. The largest absolute Gasteiger partial charge is 0.369 e. The second-order valence-electron chi connectivity index (χ2n) is 7.05. The van der Waals surface area contributed by atoms with E-state index in [1.54, 1.807) is 12.1 Å². The van der Waals surface area contributed by atoms with Crippen molar-refractivity contribution in [3.05, 3.63) is 69.8 Å². The molecule has 4 rings (SSSR count). The molecule has 0 aliphatic carbocycles. The maximum Gasteiger partial charge on any atom is 0.270 e. The van der Waals surface area contributed by atoms with Gasteiger partial charge in [0, 0.05) is 43.7 Å². The van der Waals surface area contributed by atoms with Crippen LogP contribution in [0.4, 0.5) is 17.2 Å². The Balaban J connectivity index is 1.63. The maximum atomic E-state index is 11.1. The molecule has 0 saturated carbocycles. The molecule has 3 aromatic rings. The molecule has 0 atom stereocenters. The lowest BCUT2D eigenvalue weighted by molar-refractivity contribution is -0.384. The van der Waals surface area contributed by atoms with E-state index in [0.717, 1.165) is 31.7 Å². The van der Waals surface area contributed by atoms with Gasteiger partial charge in [0.2, 0.25) is 0 Å². The van der Waals surface area contributed by atoms with Crippen LogP contribution in [0.2, 0.25) is 0 Å². The van der Waals surface area contributed by atoms with Crippen LogP contribution in [0.5, 0.6) is 0 Å². The highest BCUT2D eigenvalue weighted by Gasteiger charge is 2.20. The highest BCUT2D eigenvalue weighted by molar-refractivity contribution is 5.88. The molecule has 0 unspecified atom stereocenters. The average molecular weight is 398 g/mol. The van der Waals surface area contributed by atoms with Gasteiger partial charge in [-0.3, -0.25) is 10.1 Å². The van der Waals surface area contributed by atoms with Crippen molar-refractivity contribution >= 4 is 28.1 Å². The molecule has 2 aromatic carbocycles. The van der Waals surface area contributed by atoms with E-state index < -0.39 is 4.92 Å². The van der Waals surface area contributed by atoms with Crippen LogP contribution >= 0.6 is 0 Å². The summed E-state index contributed by atoms with van der Waals surface area (Å²) in [6.45, 7) is 3.00.